The summed E-state index contributed by atoms with van der Waals surface area (Å²) in [5.74, 6) is -0.767. The van der Waals surface area contributed by atoms with Gasteiger partial charge >= 0.3 is 5.97 Å². The van der Waals surface area contributed by atoms with Crippen LogP contribution in [0.2, 0.25) is 0 Å². The first-order chi connectivity index (χ1) is 7.94. The molecule has 0 saturated heterocycles. The number of hydrogen-bond donors (Lipinski definition) is 1. The van der Waals surface area contributed by atoms with Gasteiger partial charge in [-0.1, -0.05) is 30.3 Å². The highest BCUT2D eigenvalue weighted by molar-refractivity contribution is 7.88. The van der Waals surface area contributed by atoms with Crippen LogP contribution in [-0.4, -0.2) is 27.5 Å². The van der Waals surface area contributed by atoms with Gasteiger partial charge < -0.3 is 4.74 Å². The zero-order valence-corrected chi connectivity index (χ0v) is 10.5. The van der Waals surface area contributed by atoms with E-state index >= 15 is 0 Å². The second-order valence-electron chi connectivity index (χ2n) is 3.61. The van der Waals surface area contributed by atoms with E-state index in [2.05, 4.69) is 9.46 Å². The lowest BCUT2D eigenvalue weighted by molar-refractivity contribution is -0.142. The Bertz CT molecular complexity index is 470. The summed E-state index contributed by atoms with van der Waals surface area (Å²) in [6.45, 7) is 1.44. The number of benzene rings is 1. The number of ether oxygens (including phenoxy) is 1. The van der Waals surface area contributed by atoms with E-state index in [-0.39, 0.29) is 5.75 Å². The Kier molecular flexibility index (Phi) is 4.65. The molecule has 0 heterocycles. The van der Waals surface area contributed by atoms with Crippen molar-refractivity contribution in [2.24, 2.45) is 0 Å². The van der Waals surface area contributed by atoms with Crippen LogP contribution in [0.1, 0.15) is 12.5 Å². The molecule has 6 heteroatoms. The first kappa shape index (κ1) is 13.7. The van der Waals surface area contributed by atoms with E-state index in [9.17, 15) is 13.2 Å². The molecule has 0 aliphatic rings. The molecule has 94 valence electrons. The van der Waals surface area contributed by atoms with Gasteiger partial charge in [0.1, 0.15) is 6.04 Å². The normalized spacial score (nSPS) is 13.1. The van der Waals surface area contributed by atoms with Gasteiger partial charge in [0.2, 0.25) is 10.0 Å². The predicted molar refractivity (Wildman–Crippen MR) is 63.7 cm³/mol. The lowest BCUT2D eigenvalue weighted by atomic mass is 10.2. The third-order valence-corrected chi connectivity index (χ3v) is 3.54. The quantitative estimate of drug-likeness (QED) is 0.787. The van der Waals surface area contributed by atoms with Gasteiger partial charge in [-0.05, 0) is 12.5 Å². The predicted octanol–water partition coefficient (Wildman–Crippen LogP) is 0.667. The second kappa shape index (κ2) is 5.79. The van der Waals surface area contributed by atoms with Crippen molar-refractivity contribution in [3.8, 4) is 0 Å². The molecule has 5 nitrogen and oxygen atoms in total. The Morgan fingerprint density at radius 3 is 2.47 bits per heavy atom. The maximum absolute atomic E-state index is 11.7. The highest BCUT2D eigenvalue weighted by Gasteiger charge is 2.20. The van der Waals surface area contributed by atoms with E-state index in [0.29, 0.717) is 5.56 Å². The third kappa shape index (κ3) is 4.54. The van der Waals surface area contributed by atoms with Crippen LogP contribution in [0.3, 0.4) is 0 Å². The van der Waals surface area contributed by atoms with Gasteiger partial charge in [0.15, 0.2) is 0 Å². The summed E-state index contributed by atoms with van der Waals surface area (Å²) < 4.78 is 30.1. The molecular formula is C11H15NO4S. The number of hydrogen-bond acceptors (Lipinski definition) is 4. The molecule has 0 saturated carbocycles. The summed E-state index contributed by atoms with van der Waals surface area (Å²) in [7, 11) is -2.33. The molecule has 17 heavy (non-hydrogen) atoms. The molecule has 0 aromatic heterocycles. The lowest BCUT2D eigenvalue weighted by Crippen LogP contribution is -2.39. The zero-order chi connectivity index (χ0) is 12.9. The topological polar surface area (TPSA) is 72.5 Å². The average molecular weight is 257 g/mol. The van der Waals surface area contributed by atoms with E-state index in [1.807, 2.05) is 0 Å². The molecule has 1 aromatic rings. The molecule has 0 amide bonds. The van der Waals surface area contributed by atoms with E-state index in [0.717, 1.165) is 0 Å². The van der Waals surface area contributed by atoms with Crippen LogP contribution >= 0.6 is 0 Å². The Hall–Kier alpha value is -1.40. The van der Waals surface area contributed by atoms with Crippen molar-refractivity contribution in [1.29, 1.82) is 0 Å². The summed E-state index contributed by atoms with van der Waals surface area (Å²) in [4.78, 5) is 11.1. The van der Waals surface area contributed by atoms with Crippen LogP contribution in [0.4, 0.5) is 0 Å². The molecule has 0 aliphatic carbocycles. The van der Waals surface area contributed by atoms with Gasteiger partial charge in [-0.25, -0.2) is 13.1 Å². The van der Waals surface area contributed by atoms with Gasteiger partial charge in [0.05, 0.1) is 12.9 Å². The summed E-state index contributed by atoms with van der Waals surface area (Å²) in [6.07, 6.45) is 0. The van der Waals surface area contributed by atoms with Gasteiger partial charge in [-0.3, -0.25) is 4.79 Å². The summed E-state index contributed by atoms with van der Waals surface area (Å²) >= 11 is 0. The minimum atomic E-state index is -3.54. The number of nitrogens with one attached hydrogen (secondary N) is 1. The maximum atomic E-state index is 11.7. The Balaban J connectivity index is 2.67. The van der Waals surface area contributed by atoms with Gasteiger partial charge in [-0.15, -0.1) is 0 Å². The van der Waals surface area contributed by atoms with Crippen LogP contribution < -0.4 is 4.72 Å². The van der Waals surface area contributed by atoms with Crippen LogP contribution in [0, 0.1) is 0 Å². The number of esters is 1. The first-order valence-corrected chi connectivity index (χ1v) is 6.71. The number of rotatable bonds is 5. The maximum Gasteiger partial charge on any atom is 0.323 e. The first-order valence-electron chi connectivity index (χ1n) is 5.06. The molecule has 1 rings (SSSR count). The van der Waals surface area contributed by atoms with Crippen molar-refractivity contribution >= 4 is 16.0 Å². The van der Waals surface area contributed by atoms with Crippen molar-refractivity contribution < 1.29 is 17.9 Å². The third-order valence-electron chi connectivity index (χ3n) is 2.11. The second-order valence-corrected chi connectivity index (χ2v) is 5.36. The van der Waals surface area contributed by atoms with Crippen molar-refractivity contribution in [1.82, 2.24) is 4.72 Å². The Morgan fingerprint density at radius 1 is 1.35 bits per heavy atom. The number of methoxy groups -OCH3 is 1. The molecule has 1 atom stereocenters. The highest BCUT2D eigenvalue weighted by Crippen LogP contribution is 2.04. The monoisotopic (exact) mass is 257 g/mol. The van der Waals surface area contributed by atoms with Crippen LogP contribution in [0.25, 0.3) is 0 Å². The van der Waals surface area contributed by atoms with E-state index in [1.54, 1.807) is 30.3 Å². The summed E-state index contributed by atoms with van der Waals surface area (Å²) in [5.41, 5.74) is 0.664. The fraction of sp³-hybridized carbons (Fsp3) is 0.364. The highest BCUT2D eigenvalue weighted by atomic mass is 32.2. The minimum absolute atomic E-state index is 0.158. The molecule has 0 fully saturated rings. The minimum Gasteiger partial charge on any atom is -0.468 e. The van der Waals surface area contributed by atoms with E-state index < -0.39 is 22.0 Å². The molecule has 0 aliphatic heterocycles. The Morgan fingerprint density at radius 2 is 1.94 bits per heavy atom. The zero-order valence-electron chi connectivity index (χ0n) is 9.71. The smallest absolute Gasteiger partial charge is 0.323 e. The fourth-order valence-corrected chi connectivity index (χ4v) is 2.68. The van der Waals surface area contributed by atoms with E-state index in [4.69, 9.17) is 0 Å². The molecule has 0 unspecified atom stereocenters. The molecule has 1 aromatic carbocycles. The van der Waals surface area contributed by atoms with Crippen LogP contribution in [-0.2, 0) is 25.3 Å². The Labute approximate surface area is 101 Å². The summed E-state index contributed by atoms with van der Waals surface area (Å²) in [5, 5.41) is 0. The molecule has 1 N–H and O–H groups in total. The standard InChI is InChI=1S/C11H15NO4S/c1-9(11(13)16-2)12-17(14,15)8-10-6-4-3-5-7-10/h3-7,9,12H,8H2,1-2H3/t9-/m1/s1. The molecular weight excluding hydrogens is 242 g/mol. The fourth-order valence-electron chi connectivity index (χ4n) is 1.33. The van der Waals surface area contributed by atoms with Crippen molar-refractivity contribution in [2.75, 3.05) is 7.11 Å². The molecule has 0 radical (unpaired) electrons. The van der Waals surface area contributed by atoms with Crippen molar-refractivity contribution in [2.45, 2.75) is 18.7 Å². The van der Waals surface area contributed by atoms with Gasteiger partial charge in [0.25, 0.3) is 0 Å². The number of sulfonamides is 1. The SMILES string of the molecule is COC(=O)[C@@H](C)NS(=O)(=O)Cc1ccccc1. The average Bonchev–Trinajstić information content (AvgIpc) is 2.27. The van der Waals surface area contributed by atoms with Gasteiger partial charge in [-0.2, -0.15) is 0 Å². The van der Waals surface area contributed by atoms with Crippen LogP contribution in [0.5, 0.6) is 0 Å². The summed E-state index contributed by atoms with van der Waals surface area (Å²) in [6, 6.07) is 7.86. The lowest BCUT2D eigenvalue weighted by Gasteiger charge is -2.11. The number of carbonyl (C=O) groups excluding carboxylic acids is 1. The largest absolute Gasteiger partial charge is 0.468 e. The van der Waals surface area contributed by atoms with E-state index in [1.165, 1.54) is 14.0 Å². The molecule has 0 bridgehead atoms. The van der Waals surface area contributed by atoms with Crippen molar-refractivity contribution in [3.05, 3.63) is 35.9 Å². The number of carbonyl (C=O) groups is 1. The molecule has 0 spiro atoms. The van der Waals surface area contributed by atoms with Crippen LogP contribution in [0.15, 0.2) is 30.3 Å². The van der Waals surface area contributed by atoms with Gasteiger partial charge in [0, 0.05) is 0 Å². The van der Waals surface area contributed by atoms with Crippen molar-refractivity contribution in [3.63, 3.8) is 0 Å².